The van der Waals surface area contributed by atoms with E-state index in [0.717, 1.165) is 18.6 Å². The molecule has 1 heterocycles. The number of hydrogen-bond acceptors (Lipinski definition) is 4. The van der Waals surface area contributed by atoms with Gasteiger partial charge >= 0.3 is 5.97 Å². The Morgan fingerprint density at radius 2 is 1.95 bits per heavy atom. The van der Waals surface area contributed by atoms with Crippen molar-refractivity contribution < 1.29 is 19.2 Å². The Labute approximate surface area is 114 Å². The van der Waals surface area contributed by atoms with Gasteiger partial charge in [-0.1, -0.05) is 5.16 Å². The molecule has 0 bridgehead atoms. The van der Waals surface area contributed by atoms with Gasteiger partial charge in [0.05, 0.1) is 5.56 Å². The quantitative estimate of drug-likeness (QED) is 0.892. The smallest absolute Gasteiger partial charge is 0.335 e. The first-order valence-electron chi connectivity index (χ1n) is 6.25. The second-order valence-corrected chi connectivity index (χ2v) is 4.73. The summed E-state index contributed by atoms with van der Waals surface area (Å²) in [6, 6.07) is 7.57. The Balaban J connectivity index is 1.69. The Hall–Kier alpha value is -2.63. The highest BCUT2D eigenvalue weighted by molar-refractivity contribution is 6.03. The summed E-state index contributed by atoms with van der Waals surface area (Å²) in [6.45, 7) is 0. The van der Waals surface area contributed by atoms with Crippen LogP contribution in [0.2, 0.25) is 0 Å². The number of carboxylic acid groups (broad SMARTS) is 1. The highest BCUT2D eigenvalue weighted by atomic mass is 16.5. The number of aromatic nitrogens is 1. The largest absolute Gasteiger partial charge is 0.478 e. The van der Waals surface area contributed by atoms with Crippen LogP contribution in [0.1, 0.15) is 45.4 Å². The van der Waals surface area contributed by atoms with Gasteiger partial charge in [-0.3, -0.25) is 4.79 Å². The van der Waals surface area contributed by atoms with Crippen LogP contribution < -0.4 is 5.32 Å². The molecule has 1 aromatic heterocycles. The minimum absolute atomic E-state index is 0.167. The van der Waals surface area contributed by atoms with Gasteiger partial charge in [0.15, 0.2) is 5.69 Å². The van der Waals surface area contributed by atoms with E-state index in [9.17, 15) is 9.59 Å². The molecule has 0 saturated heterocycles. The van der Waals surface area contributed by atoms with E-state index in [2.05, 4.69) is 10.5 Å². The molecule has 1 aromatic carbocycles. The number of carboxylic acids is 1. The van der Waals surface area contributed by atoms with Crippen molar-refractivity contribution in [3.63, 3.8) is 0 Å². The van der Waals surface area contributed by atoms with E-state index in [1.807, 2.05) is 0 Å². The Morgan fingerprint density at radius 3 is 2.55 bits per heavy atom. The first-order chi connectivity index (χ1) is 9.63. The lowest BCUT2D eigenvalue weighted by Gasteiger charge is -2.02. The van der Waals surface area contributed by atoms with Gasteiger partial charge in [0.2, 0.25) is 0 Å². The lowest BCUT2D eigenvalue weighted by molar-refractivity contribution is 0.0696. The normalized spacial score (nSPS) is 14.0. The highest BCUT2D eigenvalue weighted by Crippen LogP contribution is 2.40. The zero-order chi connectivity index (χ0) is 14.1. The van der Waals surface area contributed by atoms with Gasteiger partial charge in [0, 0.05) is 17.7 Å². The SMILES string of the molecule is O=C(O)c1ccc(NC(=O)c2cc(C3CC3)on2)cc1. The predicted molar refractivity (Wildman–Crippen MR) is 69.8 cm³/mol. The Kier molecular flexibility index (Phi) is 2.98. The fraction of sp³-hybridized carbons (Fsp3) is 0.214. The summed E-state index contributed by atoms with van der Waals surface area (Å²) in [5.74, 6) is -0.229. The fourth-order valence-corrected chi connectivity index (χ4v) is 1.85. The molecular formula is C14H12N2O4. The molecule has 2 N–H and O–H groups in total. The van der Waals surface area contributed by atoms with E-state index < -0.39 is 5.97 Å². The number of carbonyl (C=O) groups is 2. The molecule has 2 aromatic rings. The van der Waals surface area contributed by atoms with E-state index >= 15 is 0 Å². The van der Waals surface area contributed by atoms with Crippen molar-refractivity contribution in [2.75, 3.05) is 5.32 Å². The number of anilines is 1. The van der Waals surface area contributed by atoms with Crippen LogP contribution in [-0.2, 0) is 0 Å². The Bertz CT molecular complexity index is 656. The summed E-state index contributed by atoms with van der Waals surface area (Å²) >= 11 is 0. The fourth-order valence-electron chi connectivity index (χ4n) is 1.85. The second-order valence-electron chi connectivity index (χ2n) is 4.73. The molecule has 0 aliphatic heterocycles. The molecule has 20 heavy (non-hydrogen) atoms. The van der Waals surface area contributed by atoms with Gasteiger partial charge in [-0.2, -0.15) is 0 Å². The molecule has 102 valence electrons. The number of carbonyl (C=O) groups excluding carboxylic acids is 1. The number of hydrogen-bond donors (Lipinski definition) is 2. The molecular weight excluding hydrogens is 260 g/mol. The molecule has 6 nitrogen and oxygen atoms in total. The molecule has 1 saturated carbocycles. The zero-order valence-corrected chi connectivity index (χ0v) is 10.5. The van der Waals surface area contributed by atoms with E-state index in [1.165, 1.54) is 24.3 Å². The van der Waals surface area contributed by atoms with Crippen LogP contribution >= 0.6 is 0 Å². The van der Waals surface area contributed by atoms with Crippen molar-refractivity contribution in [2.24, 2.45) is 0 Å². The highest BCUT2D eigenvalue weighted by Gasteiger charge is 2.28. The van der Waals surface area contributed by atoms with Crippen LogP contribution in [0.15, 0.2) is 34.9 Å². The molecule has 1 aliphatic rings. The average Bonchev–Trinajstić information content (AvgIpc) is 3.17. The monoisotopic (exact) mass is 272 g/mol. The zero-order valence-electron chi connectivity index (χ0n) is 10.5. The van der Waals surface area contributed by atoms with E-state index in [4.69, 9.17) is 9.63 Å². The van der Waals surface area contributed by atoms with E-state index in [1.54, 1.807) is 6.07 Å². The van der Waals surface area contributed by atoms with Gasteiger partial charge in [0.1, 0.15) is 5.76 Å². The average molecular weight is 272 g/mol. The maximum absolute atomic E-state index is 11.9. The molecule has 0 atom stereocenters. The maximum Gasteiger partial charge on any atom is 0.335 e. The lowest BCUT2D eigenvalue weighted by atomic mass is 10.2. The lowest BCUT2D eigenvalue weighted by Crippen LogP contribution is -2.12. The standard InChI is InChI=1S/C14H12N2O4/c17-13(11-7-12(20-16-11)8-1-2-8)15-10-5-3-9(4-6-10)14(18)19/h3-8H,1-2H2,(H,15,17)(H,18,19). The van der Waals surface area contributed by atoms with E-state index in [-0.39, 0.29) is 17.2 Å². The number of rotatable bonds is 4. The minimum atomic E-state index is -1.01. The van der Waals surface area contributed by atoms with Crippen LogP contribution in [0.3, 0.4) is 0 Å². The molecule has 6 heteroatoms. The van der Waals surface area contributed by atoms with Crippen molar-refractivity contribution in [3.05, 3.63) is 47.3 Å². The van der Waals surface area contributed by atoms with Crippen LogP contribution in [0.5, 0.6) is 0 Å². The third-order valence-electron chi connectivity index (χ3n) is 3.13. The third kappa shape index (κ3) is 2.54. The summed E-state index contributed by atoms with van der Waals surface area (Å²) in [4.78, 5) is 22.7. The van der Waals surface area contributed by atoms with Crippen molar-refractivity contribution in [3.8, 4) is 0 Å². The van der Waals surface area contributed by atoms with Crippen LogP contribution in [0, 0.1) is 0 Å². The van der Waals surface area contributed by atoms with E-state index in [0.29, 0.717) is 11.6 Å². The summed E-state index contributed by atoms with van der Waals surface area (Å²) < 4.78 is 5.11. The van der Waals surface area contributed by atoms with Gasteiger partial charge in [-0.25, -0.2) is 4.79 Å². The molecule has 0 unspecified atom stereocenters. The van der Waals surface area contributed by atoms with Crippen molar-refractivity contribution in [1.82, 2.24) is 5.16 Å². The molecule has 0 spiro atoms. The van der Waals surface area contributed by atoms with Crippen LogP contribution in [0.25, 0.3) is 0 Å². The van der Waals surface area contributed by atoms with Gasteiger partial charge in [-0.05, 0) is 37.1 Å². The summed E-state index contributed by atoms with van der Waals surface area (Å²) in [5, 5.41) is 15.2. The molecule has 1 aliphatic carbocycles. The molecule has 3 rings (SSSR count). The van der Waals surface area contributed by atoms with Crippen molar-refractivity contribution in [2.45, 2.75) is 18.8 Å². The number of nitrogens with one attached hydrogen (secondary N) is 1. The molecule has 1 fully saturated rings. The number of nitrogens with zero attached hydrogens (tertiary/aromatic N) is 1. The van der Waals surface area contributed by atoms with Gasteiger partial charge < -0.3 is 14.9 Å². The van der Waals surface area contributed by atoms with Crippen LogP contribution in [0.4, 0.5) is 5.69 Å². The summed E-state index contributed by atoms with van der Waals surface area (Å²) in [6.07, 6.45) is 2.15. The third-order valence-corrected chi connectivity index (χ3v) is 3.13. The second kappa shape index (κ2) is 4.80. The maximum atomic E-state index is 11.9. The molecule has 0 radical (unpaired) electrons. The summed E-state index contributed by atoms with van der Waals surface area (Å²) in [5.41, 5.74) is 0.908. The predicted octanol–water partition coefficient (Wildman–Crippen LogP) is 2.50. The first-order valence-corrected chi connectivity index (χ1v) is 6.25. The number of aromatic carboxylic acids is 1. The van der Waals surface area contributed by atoms with Gasteiger partial charge in [-0.15, -0.1) is 0 Å². The first kappa shape index (κ1) is 12.4. The van der Waals surface area contributed by atoms with Crippen molar-refractivity contribution >= 4 is 17.6 Å². The van der Waals surface area contributed by atoms with Crippen molar-refractivity contribution in [1.29, 1.82) is 0 Å². The minimum Gasteiger partial charge on any atom is -0.478 e. The summed E-state index contributed by atoms with van der Waals surface area (Å²) in [7, 11) is 0. The topological polar surface area (TPSA) is 92.4 Å². The Morgan fingerprint density at radius 1 is 1.25 bits per heavy atom. The number of amides is 1. The molecule has 1 amide bonds. The number of benzene rings is 1. The van der Waals surface area contributed by atoms with Gasteiger partial charge in [0.25, 0.3) is 5.91 Å². The van der Waals surface area contributed by atoms with Crippen LogP contribution in [-0.4, -0.2) is 22.1 Å².